The Morgan fingerprint density at radius 1 is 1.04 bits per heavy atom. The molecule has 1 N–H and O–H groups in total. The Morgan fingerprint density at radius 2 is 1.84 bits per heavy atom. The Kier molecular flexibility index (Phi) is 10.0. The number of aromatic nitrogens is 5. The third kappa shape index (κ3) is 6.71. The van der Waals surface area contributed by atoms with Gasteiger partial charge < -0.3 is 24.2 Å². The zero-order chi connectivity index (χ0) is 38.3. The van der Waals surface area contributed by atoms with Gasteiger partial charge in [-0.15, -0.1) is 6.42 Å². The number of aryl methyl sites for hydroxylation is 1. The third-order valence-electron chi connectivity index (χ3n) is 11.1. The number of methoxy groups -OCH3 is 1. The molecule has 5 aromatic rings. The van der Waals surface area contributed by atoms with Gasteiger partial charge in [0.2, 0.25) is 5.88 Å². The van der Waals surface area contributed by atoms with E-state index in [-0.39, 0.29) is 51.6 Å². The molecule has 1 unspecified atom stereocenters. The van der Waals surface area contributed by atoms with Crippen molar-refractivity contribution < 1.29 is 36.9 Å². The van der Waals surface area contributed by atoms with Gasteiger partial charge in [-0.25, -0.2) is 32.5 Å². The van der Waals surface area contributed by atoms with Gasteiger partial charge in [0.25, 0.3) is 6.43 Å². The summed E-state index contributed by atoms with van der Waals surface area (Å²) in [5.74, 6) is 1.50. The van der Waals surface area contributed by atoms with Crippen LogP contribution in [0.1, 0.15) is 61.9 Å². The molecule has 15 heteroatoms. The Hall–Kier alpha value is -5.33. The van der Waals surface area contributed by atoms with Crippen LogP contribution in [0.15, 0.2) is 36.7 Å². The third-order valence-corrected chi connectivity index (χ3v) is 11.1. The molecule has 11 nitrogen and oxygen atoms in total. The molecular formula is C40H39F4N7O4. The summed E-state index contributed by atoms with van der Waals surface area (Å²) < 4.78 is 72.8. The number of hydrogen-bond donors (Lipinski definition) is 1. The number of anilines is 1. The lowest BCUT2D eigenvalue weighted by Gasteiger charge is -2.32. The minimum atomic E-state index is -2.64. The molecule has 3 aromatic heterocycles. The zero-order valence-corrected chi connectivity index (χ0v) is 30.2. The van der Waals surface area contributed by atoms with Crippen molar-refractivity contribution in [3.05, 3.63) is 65.2 Å². The highest BCUT2D eigenvalue weighted by molar-refractivity contribution is 6.03. The van der Waals surface area contributed by atoms with Crippen molar-refractivity contribution in [3.63, 3.8) is 0 Å². The maximum absolute atomic E-state index is 17.0. The molecule has 7 heterocycles. The van der Waals surface area contributed by atoms with Crippen molar-refractivity contribution in [2.75, 3.05) is 51.5 Å². The first-order chi connectivity index (χ1) is 26.7. The molecule has 4 aliphatic heterocycles. The van der Waals surface area contributed by atoms with Crippen LogP contribution in [0.25, 0.3) is 32.9 Å². The van der Waals surface area contributed by atoms with Crippen molar-refractivity contribution in [3.8, 4) is 41.2 Å². The van der Waals surface area contributed by atoms with Crippen LogP contribution in [0.2, 0.25) is 0 Å². The van der Waals surface area contributed by atoms with E-state index in [1.165, 1.54) is 43.8 Å². The van der Waals surface area contributed by atoms with Gasteiger partial charge in [0.05, 0.1) is 41.9 Å². The SMILES string of the molecule is C#Cc1c(F)ccc2cc(O)cc(-c3nc4c5c(nc(OCC67CCCN6CCC7)nc5c3F)N3CCCOCC3CC4)c12.COc1nccnc1C(F)F. The number of alkyl halides is 2. The summed E-state index contributed by atoms with van der Waals surface area (Å²) in [5.41, 5.74) is 0.426. The van der Waals surface area contributed by atoms with E-state index in [0.717, 1.165) is 51.6 Å². The molecule has 2 aromatic carbocycles. The van der Waals surface area contributed by atoms with E-state index >= 15 is 4.39 Å². The fraction of sp³-hybridized carbons (Fsp3) is 0.425. The first-order valence-corrected chi connectivity index (χ1v) is 18.4. The summed E-state index contributed by atoms with van der Waals surface area (Å²) in [7, 11) is 1.27. The number of aromatic hydroxyl groups is 1. The zero-order valence-electron chi connectivity index (χ0n) is 30.2. The molecule has 0 aliphatic carbocycles. The summed E-state index contributed by atoms with van der Waals surface area (Å²) in [5, 5.41) is 12.0. The average molecular weight is 758 g/mol. The minimum Gasteiger partial charge on any atom is -0.508 e. The van der Waals surface area contributed by atoms with Crippen LogP contribution in [0, 0.1) is 24.0 Å². The number of nitrogens with zero attached hydrogens (tertiary/aromatic N) is 7. The fourth-order valence-corrected chi connectivity index (χ4v) is 8.54. The number of pyridine rings is 1. The van der Waals surface area contributed by atoms with E-state index in [9.17, 15) is 18.3 Å². The van der Waals surface area contributed by atoms with E-state index in [2.05, 4.69) is 30.4 Å². The highest BCUT2D eigenvalue weighted by atomic mass is 19.3. The van der Waals surface area contributed by atoms with Gasteiger partial charge in [-0.05, 0) is 81.6 Å². The smallest absolute Gasteiger partial charge is 0.319 e. The lowest BCUT2D eigenvalue weighted by Crippen LogP contribution is -2.43. The number of rotatable bonds is 6. The van der Waals surface area contributed by atoms with E-state index in [1.54, 1.807) is 0 Å². The molecule has 3 saturated heterocycles. The van der Waals surface area contributed by atoms with Crippen LogP contribution in [0.4, 0.5) is 23.4 Å². The molecule has 9 rings (SSSR count). The predicted molar refractivity (Wildman–Crippen MR) is 196 cm³/mol. The van der Waals surface area contributed by atoms with Crippen LogP contribution >= 0.6 is 0 Å². The van der Waals surface area contributed by atoms with Crippen molar-refractivity contribution in [1.29, 1.82) is 0 Å². The van der Waals surface area contributed by atoms with Crippen LogP contribution in [-0.4, -0.2) is 93.1 Å². The summed E-state index contributed by atoms with van der Waals surface area (Å²) >= 11 is 0. The topological polar surface area (TPSA) is 119 Å². The Morgan fingerprint density at radius 3 is 2.58 bits per heavy atom. The number of phenols is 1. The lowest BCUT2D eigenvalue weighted by atomic mass is 9.95. The second kappa shape index (κ2) is 15.1. The van der Waals surface area contributed by atoms with Crippen molar-refractivity contribution >= 4 is 27.5 Å². The molecule has 286 valence electrons. The fourth-order valence-electron chi connectivity index (χ4n) is 8.54. The van der Waals surface area contributed by atoms with Gasteiger partial charge in [0.15, 0.2) is 11.5 Å². The number of fused-ring (bicyclic) bond motifs is 4. The molecule has 3 fully saturated rings. The minimum absolute atomic E-state index is 0.0143. The maximum atomic E-state index is 17.0. The number of halogens is 4. The number of terminal acetylenes is 1. The van der Waals surface area contributed by atoms with Crippen LogP contribution in [0.3, 0.4) is 0 Å². The highest BCUT2D eigenvalue weighted by Gasteiger charge is 2.45. The van der Waals surface area contributed by atoms with Crippen molar-refractivity contribution in [2.24, 2.45) is 0 Å². The molecule has 4 aliphatic rings. The first-order valence-electron chi connectivity index (χ1n) is 18.4. The molecule has 55 heavy (non-hydrogen) atoms. The highest BCUT2D eigenvalue weighted by Crippen LogP contribution is 2.43. The monoisotopic (exact) mass is 757 g/mol. The van der Waals surface area contributed by atoms with Crippen molar-refractivity contribution in [2.45, 2.75) is 63.0 Å². The van der Waals surface area contributed by atoms with E-state index in [0.29, 0.717) is 60.5 Å². The summed E-state index contributed by atoms with van der Waals surface area (Å²) in [4.78, 5) is 26.1. The van der Waals surface area contributed by atoms with Gasteiger partial charge in [-0.1, -0.05) is 12.0 Å². The van der Waals surface area contributed by atoms with E-state index in [4.69, 9.17) is 30.8 Å². The quantitative estimate of drug-likeness (QED) is 0.146. The molecule has 0 amide bonds. The first kappa shape index (κ1) is 36.6. The van der Waals surface area contributed by atoms with Gasteiger partial charge in [0.1, 0.15) is 35.2 Å². The van der Waals surface area contributed by atoms with Crippen LogP contribution in [0.5, 0.6) is 17.6 Å². The Balaban J connectivity index is 0.000000337. The predicted octanol–water partition coefficient (Wildman–Crippen LogP) is 6.78. The second-order valence-corrected chi connectivity index (χ2v) is 14.2. The number of hydrogen-bond acceptors (Lipinski definition) is 11. The molecule has 0 spiro atoms. The van der Waals surface area contributed by atoms with Gasteiger partial charge >= 0.3 is 6.01 Å². The Bertz CT molecular complexity index is 2300. The van der Waals surface area contributed by atoms with Crippen LogP contribution < -0.4 is 14.4 Å². The molecule has 0 saturated carbocycles. The van der Waals surface area contributed by atoms with Crippen molar-refractivity contribution in [1.82, 2.24) is 29.8 Å². The summed E-state index contributed by atoms with van der Waals surface area (Å²) in [6, 6.07) is 5.80. The Labute approximate surface area is 314 Å². The average Bonchev–Trinajstić information content (AvgIpc) is 3.64. The summed E-state index contributed by atoms with van der Waals surface area (Å²) in [6.07, 6.45) is 12.0. The normalized spacial score (nSPS) is 18.9. The van der Waals surface area contributed by atoms with Crippen LogP contribution in [-0.2, 0) is 11.2 Å². The largest absolute Gasteiger partial charge is 0.508 e. The maximum Gasteiger partial charge on any atom is 0.319 e. The summed E-state index contributed by atoms with van der Waals surface area (Å²) in [6.45, 7) is 4.46. The van der Waals surface area contributed by atoms with Gasteiger partial charge in [0, 0.05) is 36.5 Å². The van der Waals surface area contributed by atoms with E-state index in [1.807, 2.05) is 0 Å². The molecule has 0 radical (unpaired) electrons. The second-order valence-electron chi connectivity index (χ2n) is 14.2. The number of phenolic OH excluding ortho intramolecular Hbond substituents is 1. The van der Waals surface area contributed by atoms with E-state index < -0.39 is 23.8 Å². The lowest BCUT2D eigenvalue weighted by molar-refractivity contribution is 0.108. The van der Waals surface area contributed by atoms with Gasteiger partial charge in [-0.3, -0.25) is 4.90 Å². The molecule has 0 bridgehead atoms. The number of benzene rings is 2. The number of ether oxygens (including phenoxy) is 3. The molecule has 1 atom stereocenters. The molecular weight excluding hydrogens is 718 g/mol. The van der Waals surface area contributed by atoms with Gasteiger partial charge in [-0.2, -0.15) is 9.97 Å². The standard InChI is InChI=1S/C34H33F2N5O3.C6H6F2N2O/c1-2-23-25(35)8-6-20-16-22(42)17-24(27(20)23)30-29(36)31-28-26(37-30)9-7-21-18-43-15-5-14-41(21)32(28)39-33(38-31)44-19-34-10-3-12-40(34)13-4-11-34;1-11-6-4(5(7)8)9-2-3-10-6/h1,6,8,16-17,21,42H,3-5,7,9-15,18-19H2;2-3,5H,1H3.